The summed E-state index contributed by atoms with van der Waals surface area (Å²) in [6, 6.07) is 6.85. The largest absolute Gasteiger partial charge is 0.468 e. The highest BCUT2D eigenvalue weighted by atomic mass is 32.2. The molecule has 8 nitrogen and oxygen atoms in total. The second kappa shape index (κ2) is 7.36. The van der Waals surface area contributed by atoms with Crippen LogP contribution in [0.15, 0.2) is 29.3 Å². The molecule has 26 heavy (non-hydrogen) atoms. The number of thioether (sulfide) groups is 1. The highest BCUT2D eigenvalue weighted by Crippen LogP contribution is 2.30. The average molecular weight is 376 g/mol. The molecule has 0 aliphatic carbocycles. The zero-order chi connectivity index (χ0) is 18.8. The van der Waals surface area contributed by atoms with Crippen molar-refractivity contribution in [1.82, 2.24) is 15.1 Å². The summed E-state index contributed by atoms with van der Waals surface area (Å²) in [6.07, 6.45) is -0.610. The summed E-state index contributed by atoms with van der Waals surface area (Å²) in [7, 11) is 2.92. The Hall–Kier alpha value is -2.55. The first-order valence-electron chi connectivity index (χ1n) is 8.08. The molecule has 0 aromatic heterocycles. The lowest BCUT2D eigenvalue weighted by Gasteiger charge is -2.36. The van der Waals surface area contributed by atoms with Crippen molar-refractivity contribution in [3.8, 4) is 0 Å². The molecule has 138 valence electrons. The van der Waals surface area contributed by atoms with Gasteiger partial charge in [-0.15, -0.1) is 0 Å². The Morgan fingerprint density at radius 3 is 2.85 bits per heavy atom. The number of amides is 3. The Labute approximate surface area is 155 Å². The van der Waals surface area contributed by atoms with Gasteiger partial charge in [-0.1, -0.05) is 41.6 Å². The number of ether oxygens (including phenoxy) is 1. The fourth-order valence-electron chi connectivity index (χ4n) is 2.98. The number of esters is 1. The van der Waals surface area contributed by atoms with Crippen LogP contribution in [0.5, 0.6) is 0 Å². The number of amidine groups is 1. The van der Waals surface area contributed by atoms with E-state index in [4.69, 9.17) is 0 Å². The molecule has 0 bridgehead atoms. The molecule has 1 saturated heterocycles. The number of benzene rings is 1. The van der Waals surface area contributed by atoms with Crippen LogP contribution in [0.3, 0.4) is 0 Å². The van der Waals surface area contributed by atoms with Crippen molar-refractivity contribution in [2.45, 2.75) is 25.7 Å². The quantitative estimate of drug-likeness (QED) is 0.787. The van der Waals surface area contributed by atoms with E-state index in [1.807, 2.05) is 36.1 Å². The second-order valence-corrected chi connectivity index (χ2v) is 7.10. The number of imide groups is 1. The maximum atomic E-state index is 12.5. The standard InChI is InChI=1S/C17H20N4O4S/c1-10-5-4-6-11(7-10)8-21-13-14(20(2)16(24)19-15(13)23)18-17(21)26-9-12(22)25-3/h4-7,13-14H,8-9H2,1-3H3,(H,19,23,24). The molecule has 1 aromatic rings. The number of carbonyl (C=O) groups is 3. The second-order valence-electron chi connectivity index (χ2n) is 6.16. The molecule has 2 heterocycles. The van der Waals surface area contributed by atoms with E-state index < -0.39 is 18.2 Å². The van der Waals surface area contributed by atoms with E-state index in [1.165, 1.54) is 23.8 Å². The summed E-state index contributed by atoms with van der Waals surface area (Å²) in [5.41, 5.74) is 2.13. The summed E-state index contributed by atoms with van der Waals surface area (Å²) in [6.45, 7) is 2.45. The van der Waals surface area contributed by atoms with Crippen LogP contribution in [0.1, 0.15) is 11.1 Å². The van der Waals surface area contributed by atoms with E-state index in [9.17, 15) is 14.4 Å². The molecule has 2 unspecified atom stereocenters. The first-order valence-corrected chi connectivity index (χ1v) is 9.06. The Morgan fingerprint density at radius 2 is 2.15 bits per heavy atom. The van der Waals surface area contributed by atoms with Crippen LogP contribution in [0, 0.1) is 6.92 Å². The first-order chi connectivity index (χ1) is 12.4. The molecule has 0 saturated carbocycles. The van der Waals surface area contributed by atoms with E-state index in [2.05, 4.69) is 15.0 Å². The number of nitrogens with one attached hydrogen (secondary N) is 1. The van der Waals surface area contributed by atoms with Gasteiger partial charge in [0.15, 0.2) is 17.4 Å². The van der Waals surface area contributed by atoms with Crippen LogP contribution >= 0.6 is 11.8 Å². The van der Waals surface area contributed by atoms with Gasteiger partial charge in [-0.25, -0.2) is 9.79 Å². The predicted octanol–water partition coefficient (Wildman–Crippen LogP) is 0.949. The van der Waals surface area contributed by atoms with Crippen molar-refractivity contribution in [3.63, 3.8) is 0 Å². The van der Waals surface area contributed by atoms with Gasteiger partial charge in [0.2, 0.25) is 0 Å². The number of hydrogen-bond donors (Lipinski definition) is 1. The van der Waals surface area contributed by atoms with Crippen molar-refractivity contribution in [2.24, 2.45) is 4.99 Å². The lowest BCUT2D eigenvalue weighted by atomic mass is 10.1. The number of aryl methyl sites for hydroxylation is 1. The minimum atomic E-state index is -0.627. The van der Waals surface area contributed by atoms with Gasteiger partial charge in [-0.3, -0.25) is 14.9 Å². The third-order valence-corrected chi connectivity index (χ3v) is 5.28. The highest BCUT2D eigenvalue weighted by molar-refractivity contribution is 8.14. The monoisotopic (exact) mass is 376 g/mol. The van der Waals surface area contributed by atoms with Crippen LogP contribution in [-0.2, 0) is 20.9 Å². The molecule has 2 aliphatic heterocycles. The van der Waals surface area contributed by atoms with E-state index in [0.717, 1.165) is 11.1 Å². The minimum absolute atomic E-state index is 0.0817. The van der Waals surface area contributed by atoms with Gasteiger partial charge in [0, 0.05) is 13.6 Å². The number of aliphatic imine (C=N–C) groups is 1. The van der Waals surface area contributed by atoms with E-state index >= 15 is 0 Å². The smallest absolute Gasteiger partial charge is 0.325 e. The van der Waals surface area contributed by atoms with E-state index in [1.54, 1.807) is 7.05 Å². The summed E-state index contributed by atoms with van der Waals surface area (Å²) < 4.78 is 4.68. The topological polar surface area (TPSA) is 91.3 Å². The number of carbonyl (C=O) groups excluding carboxylic acids is 3. The maximum absolute atomic E-state index is 12.5. The SMILES string of the molecule is COC(=O)CSC1=NC2C(C(=O)NC(=O)N2C)N1Cc1cccc(C)c1. The molecule has 1 fully saturated rings. The molecule has 0 spiro atoms. The summed E-state index contributed by atoms with van der Waals surface area (Å²) >= 11 is 1.20. The van der Waals surface area contributed by atoms with Gasteiger partial charge in [0.05, 0.1) is 12.9 Å². The molecule has 1 N–H and O–H groups in total. The zero-order valence-corrected chi connectivity index (χ0v) is 15.6. The Morgan fingerprint density at radius 1 is 1.38 bits per heavy atom. The van der Waals surface area contributed by atoms with E-state index in [-0.39, 0.29) is 17.6 Å². The van der Waals surface area contributed by atoms with E-state index in [0.29, 0.717) is 11.7 Å². The minimum Gasteiger partial charge on any atom is -0.468 e. The molecule has 2 atom stereocenters. The summed E-state index contributed by atoms with van der Waals surface area (Å²) in [4.78, 5) is 43.7. The Bertz CT molecular complexity index is 782. The van der Waals surface area contributed by atoms with Gasteiger partial charge < -0.3 is 14.5 Å². The van der Waals surface area contributed by atoms with Crippen molar-refractivity contribution in [3.05, 3.63) is 35.4 Å². The van der Waals surface area contributed by atoms with Crippen molar-refractivity contribution in [2.75, 3.05) is 19.9 Å². The Balaban J connectivity index is 1.88. The molecule has 9 heteroatoms. The number of methoxy groups -OCH3 is 1. The molecular weight excluding hydrogens is 356 g/mol. The van der Waals surface area contributed by atoms with Crippen LogP contribution in [0.25, 0.3) is 0 Å². The molecule has 1 aromatic carbocycles. The highest BCUT2D eigenvalue weighted by Gasteiger charge is 2.48. The summed E-state index contributed by atoms with van der Waals surface area (Å²) in [5.74, 6) is -0.682. The number of rotatable bonds is 4. The van der Waals surface area contributed by atoms with Gasteiger partial charge in [0.1, 0.15) is 0 Å². The number of hydrogen-bond acceptors (Lipinski definition) is 7. The summed E-state index contributed by atoms with van der Waals surface area (Å²) in [5, 5.41) is 2.90. The number of likely N-dealkylation sites (N-methyl/N-ethyl adjacent to an activating group) is 1. The molecule has 3 rings (SSSR count). The lowest BCUT2D eigenvalue weighted by Crippen LogP contribution is -2.63. The lowest BCUT2D eigenvalue weighted by molar-refractivity contribution is -0.137. The Kier molecular flexibility index (Phi) is 5.17. The molecule has 3 amide bonds. The third kappa shape index (κ3) is 3.52. The molecular formula is C17H20N4O4S. The normalized spacial score (nSPS) is 22.0. The van der Waals surface area contributed by atoms with Crippen LogP contribution < -0.4 is 5.32 Å². The van der Waals surface area contributed by atoms with Crippen LogP contribution in [-0.4, -0.2) is 65.0 Å². The predicted molar refractivity (Wildman–Crippen MR) is 97.5 cm³/mol. The zero-order valence-electron chi connectivity index (χ0n) is 14.8. The average Bonchev–Trinajstić information content (AvgIpc) is 2.96. The third-order valence-electron chi connectivity index (χ3n) is 4.30. The van der Waals surface area contributed by atoms with Gasteiger partial charge >= 0.3 is 12.0 Å². The van der Waals surface area contributed by atoms with Gasteiger partial charge in [-0.2, -0.15) is 0 Å². The molecule has 2 aliphatic rings. The maximum Gasteiger partial charge on any atom is 0.325 e. The van der Waals surface area contributed by atoms with Gasteiger partial charge in [-0.05, 0) is 12.5 Å². The number of urea groups is 1. The first kappa shape index (κ1) is 18.2. The fraction of sp³-hybridized carbons (Fsp3) is 0.412. The molecule has 0 radical (unpaired) electrons. The van der Waals surface area contributed by atoms with Gasteiger partial charge in [0.25, 0.3) is 5.91 Å². The fourth-order valence-corrected chi connectivity index (χ4v) is 3.87. The van der Waals surface area contributed by atoms with Crippen LogP contribution in [0.4, 0.5) is 4.79 Å². The van der Waals surface area contributed by atoms with Crippen molar-refractivity contribution >= 4 is 34.8 Å². The number of nitrogens with zero attached hydrogens (tertiary/aromatic N) is 3. The number of fused-ring (bicyclic) bond motifs is 1. The van der Waals surface area contributed by atoms with Crippen LogP contribution in [0.2, 0.25) is 0 Å². The van der Waals surface area contributed by atoms with Crippen molar-refractivity contribution in [1.29, 1.82) is 0 Å². The van der Waals surface area contributed by atoms with Crippen molar-refractivity contribution < 1.29 is 19.1 Å².